The van der Waals surface area contributed by atoms with Crippen LogP contribution >= 0.6 is 23.8 Å². The lowest BCUT2D eigenvalue weighted by atomic mass is 10.1. The molecule has 1 aromatic rings. The fourth-order valence-electron chi connectivity index (χ4n) is 2.71. The molecule has 1 aliphatic heterocycles. The highest BCUT2D eigenvalue weighted by atomic mass is 35.5. The predicted octanol–water partition coefficient (Wildman–Crippen LogP) is 2.50. The summed E-state index contributed by atoms with van der Waals surface area (Å²) in [6.45, 7) is 2.07. The molecule has 1 unspecified atom stereocenters. The van der Waals surface area contributed by atoms with Gasteiger partial charge < -0.3 is 15.5 Å². The van der Waals surface area contributed by atoms with E-state index in [2.05, 4.69) is 23.9 Å². The van der Waals surface area contributed by atoms with Crippen molar-refractivity contribution < 1.29 is 0 Å². The van der Waals surface area contributed by atoms with Crippen LogP contribution in [0.25, 0.3) is 0 Å². The molecule has 1 saturated heterocycles. The molecule has 0 aliphatic carbocycles. The zero-order chi connectivity index (χ0) is 14.0. The Morgan fingerprint density at radius 1 is 1.53 bits per heavy atom. The summed E-state index contributed by atoms with van der Waals surface area (Å²) in [6.07, 6.45) is 2.39. The normalized spacial score (nSPS) is 19.2. The highest BCUT2D eigenvalue weighted by Gasteiger charge is 2.27. The average molecular weight is 298 g/mol. The molecule has 0 bridgehead atoms. The highest BCUT2D eigenvalue weighted by molar-refractivity contribution is 7.80. The number of hydrogen-bond donors (Lipinski definition) is 1. The number of hydrogen-bond acceptors (Lipinski definition) is 3. The predicted molar refractivity (Wildman–Crippen MR) is 86.3 cm³/mol. The van der Waals surface area contributed by atoms with Crippen molar-refractivity contribution >= 4 is 34.5 Å². The van der Waals surface area contributed by atoms with E-state index in [9.17, 15) is 0 Å². The van der Waals surface area contributed by atoms with Crippen molar-refractivity contribution in [1.29, 1.82) is 0 Å². The van der Waals surface area contributed by atoms with Crippen molar-refractivity contribution in [3.05, 3.63) is 28.8 Å². The van der Waals surface area contributed by atoms with Crippen molar-refractivity contribution in [2.75, 3.05) is 32.1 Å². The summed E-state index contributed by atoms with van der Waals surface area (Å²) in [4.78, 5) is 5.04. The first kappa shape index (κ1) is 14.6. The van der Waals surface area contributed by atoms with E-state index >= 15 is 0 Å². The van der Waals surface area contributed by atoms with E-state index in [0.29, 0.717) is 11.0 Å². The zero-order valence-corrected chi connectivity index (χ0v) is 13.0. The molecule has 0 saturated carbocycles. The van der Waals surface area contributed by atoms with Gasteiger partial charge in [-0.15, -0.1) is 0 Å². The van der Waals surface area contributed by atoms with Crippen molar-refractivity contribution in [3.63, 3.8) is 0 Å². The SMILES string of the molecule is CN(C)CC1CCCN1c1cc(Cl)ccc1C(N)=S. The minimum atomic E-state index is 0.433. The van der Waals surface area contributed by atoms with Gasteiger partial charge in [-0.05, 0) is 45.1 Å². The lowest BCUT2D eigenvalue weighted by molar-refractivity contribution is 0.372. The van der Waals surface area contributed by atoms with E-state index in [0.717, 1.165) is 29.4 Å². The Morgan fingerprint density at radius 3 is 2.89 bits per heavy atom. The summed E-state index contributed by atoms with van der Waals surface area (Å²) in [5.74, 6) is 0. The summed E-state index contributed by atoms with van der Waals surface area (Å²) in [5, 5.41) is 0.727. The minimum absolute atomic E-state index is 0.433. The van der Waals surface area contributed by atoms with Crippen LogP contribution < -0.4 is 10.6 Å². The number of likely N-dealkylation sites (N-methyl/N-ethyl adjacent to an activating group) is 1. The zero-order valence-electron chi connectivity index (χ0n) is 11.4. The Labute approximate surface area is 125 Å². The fourth-order valence-corrected chi connectivity index (χ4v) is 3.05. The van der Waals surface area contributed by atoms with Crippen LogP contribution in [0.4, 0.5) is 5.69 Å². The highest BCUT2D eigenvalue weighted by Crippen LogP contribution is 2.31. The van der Waals surface area contributed by atoms with Gasteiger partial charge in [-0.25, -0.2) is 0 Å². The number of nitrogens with zero attached hydrogens (tertiary/aromatic N) is 2. The van der Waals surface area contributed by atoms with Crippen LogP contribution in [-0.4, -0.2) is 43.1 Å². The van der Waals surface area contributed by atoms with Gasteiger partial charge in [0.05, 0.1) is 0 Å². The molecule has 19 heavy (non-hydrogen) atoms. The first-order chi connectivity index (χ1) is 8.99. The Hall–Kier alpha value is -0.840. The summed E-state index contributed by atoms with van der Waals surface area (Å²) in [5.41, 5.74) is 7.83. The van der Waals surface area contributed by atoms with Crippen molar-refractivity contribution in [2.45, 2.75) is 18.9 Å². The summed E-state index contributed by atoms with van der Waals surface area (Å²) in [6, 6.07) is 6.24. The van der Waals surface area contributed by atoms with Gasteiger partial charge in [-0.1, -0.05) is 23.8 Å². The van der Waals surface area contributed by atoms with Crippen LogP contribution in [0, 0.1) is 0 Å². The molecular formula is C14H20ClN3S. The molecule has 2 N–H and O–H groups in total. The maximum absolute atomic E-state index is 6.13. The molecule has 0 spiro atoms. The van der Waals surface area contributed by atoms with E-state index in [1.54, 1.807) is 0 Å². The second kappa shape index (κ2) is 6.07. The van der Waals surface area contributed by atoms with Gasteiger partial charge in [-0.2, -0.15) is 0 Å². The standard InChI is InChI=1S/C14H20ClN3S/c1-17(2)9-11-4-3-7-18(11)13-8-10(15)5-6-12(13)14(16)19/h5-6,8,11H,3-4,7,9H2,1-2H3,(H2,16,19). The van der Waals surface area contributed by atoms with Crippen LogP contribution in [0.2, 0.25) is 5.02 Å². The van der Waals surface area contributed by atoms with Crippen molar-refractivity contribution in [3.8, 4) is 0 Å². The Balaban J connectivity index is 2.34. The molecule has 1 aromatic carbocycles. The summed E-state index contributed by atoms with van der Waals surface area (Å²) < 4.78 is 0. The number of thiocarbonyl (C=S) groups is 1. The molecule has 2 rings (SSSR count). The van der Waals surface area contributed by atoms with Gasteiger partial charge in [0, 0.05) is 35.4 Å². The Kier molecular flexibility index (Phi) is 4.66. The molecule has 3 nitrogen and oxygen atoms in total. The minimum Gasteiger partial charge on any atom is -0.389 e. The van der Waals surface area contributed by atoms with E-state index in [-0.39, 0.29) is 0 Å². The summed E-state index contributed by atoms with van der Waals surface area (Å²) in [7, 11) is 4.20. The molecule has 0 amide bonds. The molecule has 104 valence electrons. The number of rotatable bonds is 4. The van der Waals surface area contributed by atoms with Crippen molar-refractivity contribution in [2.24, 2.45) is 5.73 Å². The first-order valence-electron chi connectivity index (χ1n) is 6.50. The molecule has 1 fully saturated rings. The van der Waals surface area contributed by atoms with E-state index in [1.165, 1.54) is 12.8 Å². The summed E-state index contributed by atoms with van der Waals surface area (Å²) >= 11 is 11.3. The van der Waals surface area contributed by atoms with Gasteiger partial charge in [-0.3, -0.25) is 0 Å². The monoisotopic (exact) mass is 297 g/mol. The molecule has 1 aliphatic rings. The van der Waals surface area contributed by atoms with Crippen LogP contribution in [0.3, 0.4) is 0 Å². The largest absolute Gasteiger partial charge is 0.389 e. The smallest absolute Gasteiger partial charge is 0.106 e. The fraction of sp³-hybridized carbons (Fsp3) is 0.500. The Bertz CT molecular complexity index is 476. The van der Waals surface area contributed by atoms with Gasteiger partial charge in [0.25, 0.3) is 0 Å². The van der Waals surface area contributed by atoms with Crippen LogP contribution in [-0.2, 0) is 0 Å². The lowest BCUT2D eigenvalue weighted by Gasteiger charge is -2.30. The number of benzene rings is 1. The van der Waals surface area contributed by atoms with Crippen LogP contribution in [0.5, 0.6) is 0 Å². The average Bonchev–Trinajstić information content (AvgIpc) is 2.75. The third-order valence-corrected chi connectivity index (χ3v) is 3.94. The van der Waals surface area contributed by atoms with Gasteiger partial charge >= 0.3 is 0 Å². The molecule has 0 radical (unpaired) electrons. The third kappa shape index (κ3) is 3.38. The van der Waals surface area contributed by atoms with E-state index in [1.807, 2.05) is 18.2 Å². The molecule has 5 heteroatoms. The van der Waals surface area contributed by atoms with Crippen LogP contribution in [0.15, 0.2) is 18.2 Å². The molecule has 0 aromatic heterocycles. The second-order valence-electron chi connectivity index (χ2n) is 5.28. The Morgan fingerprint density at radius 2 is 2.26 bits per heavy atom. The van der Waals surface area contributed by atoms with Gasteiger partial charge in [0.2, 0.25) is 0 Å². The lowest BCUT2D eigenvalue weighted by Crippen LogP contribution is -2.38. The second-order valence-corrected chi connectivity index (χ2v) is 6.15. The van der Waals surface area contributed by atoms with E-state index in [4.69, 9.17) is 29.6 Å². The quantitative estimate of drug-likeness (QED) is 0.866. The van der Waals surface area contributed by atoms with Crippen LogP contribution in [0.1, 0.15) is 18.4 Å². The third-order valence-electron chi connectivity index (χ3n) is 3.49. The maximum Gasteiger partial charge on any atom is 0.106 e. The molecule has 1 heterocycles. The maximum atomic E-state index is 6.13. The number of halogens is 1. The number of nitrogens with two attached hydrogens (primary N) is 1. The van der Waals surface area contributed by atoms with E-state index < -0.39 is 0 Å². The topological polar surface area (TPSA) is 32.5 Å². The molecular weight excluding hydrogens is 278 g/mol. The molecule has 1 atom stereocenters. The van der Waals surface area contributed by atoms with Crippen molar-refractivity contribution in [1.82, 2.24) is 4.90 Å². The first-order valence-corrected chi connectivity index (χ1v) is 7.28. The van der Waals surface area contributed by atoms with Gasteiger partial charge in [0.1, 0.15) is 4.99 Å². The number of anilines is 1. The van der Waals surface area contributed by atoms with Gasteiger partial charge in [0.15, 0.2) is 0 Å².